The van der Waals surface area contributed by atoms with Crippen molar-refractivity contribution in [1.82, 2.24) is 25.1 Å². The highest BCUT2D eigenvalue weighted by Crippen LogP contribution is 2.18. The molecule has 0 aliphatic carbocycles. The second-order valence-electron chi connectivity index (χ2n) is 3.87. The fourth-order valence-corrected chi connectivity index (χ4v) is 1.84. The van der Waals surface area contributed by atoms with Gasteiger partial charge < -0.3 is 10.1 Å². The largest absolute Gasteiger partial charge is 0.470 e. The van der Waals surface area contributed by atoms with E-state index in [1.54, 1.807) is 23.3 Å². The van der Waals surface area contributed by atoms with E-state index in [-0.39, 0.29) is 6.10 Å². The molecular weight excluding hydrogens is 218 g/mol. The van der Waals surface area contributed by atoms with Gasteiger partial charge >= 0.3 is 0 Å². The summed E-state index contributed by atoms with van der Waals surface area (Å²) in [5, 5.41) is 7.39. The first-order valence-electron chi connectivity index (χ1n) is 5.62. The van der Waals surface area contributed by atoms with Gasteiger partial charge in [-0.15, -0.1) is 0 Å². The average Bonchev–Trinajstić information content (AvgIpc) is 3.01. The number of nitrogens with one attached hydrogen (secondary N) is 1. The van der Waals surface area contributed by atoms with Gasteiger partial charge in [-0.2, -0.15) is 5.10 Å². The fraction of sp³-hybridized carbons (Fsp3) is 0.364. The maximum atomic E-state index is 5.83. The quantitative estimate of drug-likeness (QED) is 0.828. The minimum absolute atomic E-state index is 0.168. The van der Waals surface area contributed by atoms with E-state index in [1.807, 2.05) is 12.3 Å². The average molecular weight is 231 g/mol. The Hall–Kier alpha value is -1.95. The summed E-state index contributed by atoms with van der Waals surface area (Å²) in [5.41, 5.74) is 0. The number of nitrogens with zero attached hydrogens (tertiary/aromatic N) is 4. The van der Waals surface area contributed by atoms with Crippen molar-refractivity contribution in [3.63, 3.8) is 0 Å². The van der Waals surface area contributed by atoms with Gasteiger partial charge in [-0.05, 0) is 19.0 Å². The standard InChI is InChI=1S/C11H13N5O/c1-3-15-16(7-1)10-11(14-6-5-13-10)17-9-2-4-12-8-9/h1,3,5-7,9,12H,2,4,8H2. The Morgan fingerprint density at radius 3 is 3.00 bits per heavy atom. The Balaban J connectivity index is 1.88. The summed E-state index contributed by atoms with van der Waals surface area (Å²) in [6, 6.07) is 1.84. The van der Waals surface area contributed by atoms with Crippen LogP contribution in [0, 0.1) is 0 Å². The Kier molecular flexibility index (Phi) is 2.71. The second-order valence-corrected chi connectivity index (χ2v) is 3.87. The number of aromatic nitrogens is 4. The van der Waals surface area contributed by atoms with E-state index in [1.165, 1.54) is 0 Å². The first-order valence-corrected chi connectivity index (χ1v) is 5.62. The van der Waals surface area contributed by atoms with E-state index in [0.29, 0.717) is 11.7 Å². The maximum absolute atomic E-state index is 5.83. The minimum Gasteiger partial charge on any atom is -0.470 e. The molecule has 3 heterocycles. The van der Waals surface area contributed by atoms with Crippen LogP contribution in [-0.4, -0.2) is 38.9 Å². The third-order valence-corrected chi connectivity index (χ3v) is 2.66. The van der Waals surface area contributed by atoms with Crippen molar-refractivity contribution in [2.75, 3.05) is 13.1 Å². The van der Waals surface area contributed by atoms with Gasteiger partial charge in [-0.25, -0.2) is 14.6 Å². The molecule has 3 rings (SSSR count). The normalized spacial score (nSPS) is 19.4. The van der Waals surface area contributed by atoms with Crippen LogP contribution < -0.4 is 10.1 Å². The van der Waals surface area contributed by atoms with Crippen LogP contribution >= 0.6 is 0 Å². The van der Waals surface area contributed by atoms with Crippen LogP contribution in [0.25, 0.3) is 5.82 Å². The summed E-state index contributed by atoms with van der Waals surface area (Å²) in [7, 11) is 0. The summed E-state index contributed by atoms with van der Waals surface area (Å²) in [6.45, 7) is 1.84. The van der Waals surface area contributed by atoms with Crippen LogP contribution in [0.4, 0.5) is 0 Å². The lowest BCUT2D eigenvalue weighted by molar-refractivity contribution is 0.212. The van der Waals surface area contributed by atoms with Gasteiger partial charge in [0, 0.05) is 31.3 Å². The maximum Gasteiger partial charge on any atom is 0.260 e. The van der Waals surface area contributed by atoms with E-state index in [0.717, 1.165) is 19.5 Å². The van der Waals surface area contributed by atoms with Crippen LogP contribution in [0.15, 0.2) is 30.9 Å². The molecule has 17 heavy (non-hydrogen) atoms. The molecule has 0 saturated carbocycles. The zero-order valence-corrected chi connectivity index (χ0v) is 9.28. The van der Waals surface area contributed by atoms with E-state index < -0.39 is 0 Å². The van der Waals surface area contributed by atoms with Crippen LogP contribution in [0.2, 0.25) is 0 Å². The van der Waals surface area contributed by atoms with Crippen molar-refractivity contribution in [2.24, 2.45) is 0 Å². The highest BCUT2D eigenvalue weighted by Gasteiger charge is 2.19. The molecule has 6 nitrogen and oxygen atoms in total. The van der Waals surface area contributed by atoms with E-state index in [9.17, 15) is 0 Å². The molecule has 1 atom stereocenters. The second kappa shape index (κ2) is 4.50. The molecule has 2 aromatic rings. The molecule has 1 fully saturated rings. The Morgan fingerprint density at radius 2 is 2.24 bits per heavy atom. The molecule has 2 aromatic heterocycles. The summed E-state index contributed by atoms with van der Waals surface area (Å²) >= 11 is 0. The summed E-state index contributed by atoms with van der Waals surface area (Å²) in [6.07, 6.45) is 7.96. The molecular formula is C11H13N5O. The smallest absolute Gasteiger partial charge is 0.260 e. The molecule has 0 bridgehead atoms. The number of hydrogen-bond donors (Lipinski definition) is 1. The first kappa shape index (κ1) is 10.2. The van der Waals surface area contributed by atoms with Gasteiger partial charge in [0.2, 0.25) is 5.82 Å². The van der Waals surface area contributed by atoms with Gasteiger partial charge in [0.15, 0.2) is 0 Å². The van der Waals surface area contributed by atoms with Gasteiger partial charge in [-0.3, -0.25) is 0 Å². The SMILES string of the molecule is c1cnn(-c2nccnc2OC2CCNC2)c1. The lowest BCUT2D eigenvalue weighted by Gasteiger charge is -2.13. The zero-order chi connectivity index (χ0) is 11.5. The molecule has 1 aliphatic rings. The van der Waals surface area contributed by atoms with Gasteiger partial charge in [0.1, 0.15) is 6.10 Å². The van der Waals surface area contributed by atoms with Crippen LogP contribution in [0.5, 0.6) is 5.88 Å². The molecule has 1 saturated heterocycles. The van der Waals surface area contributed by atoms with Crippen molar-refractivity contribution >= 4 is 0 Å². The topological polar surface area (TPSA) is 64.9 Å². The fourth-order valence-electron chi connectivity index (χ4n) is 1.84. The molecule has 0 spiro atoms. The lowest BCUT2D eigenvalue weighted by Crippen LogP contribution is -2.21. The molecule has 1 unspecified atom stereocenters. The van der Waals surface area contributed by atoms with Crippen molar-refractivity contribution in [2.45, 2.75) is 12.5 Å². The predicted octanol–water partition coefficient (Wildman–Crippen LogP) is 0.403. The van der Waals surface area contributed by atoms with Crippen molar-refractivity contribution in [1.29, 1.82) is 0 Å². The van der Waals surface area contributed by atoms with Crippen LogP contribution in [0.1, 0.15) is 6.42 Å². The van der Waals surface area contributed by atoms with E-state index >= 15 is 0 Å². The third kappa shape index (κ3) is 2.12. The first-order chi connectivity index (χ1) is 8.43. The van der Waals surface area contributed by atoms with Gasteiger partial charge in [-0.1, -0.05) is 0 Å². The molecule has 1 N–H and O–H groups in total. The summed E-state index contributed by atoms with van der Waals surface area (Å²) in [4.78, 5) is 8.48. The third-order valence-electron chi connectivity index (χ3n) is 2.66. The summed E-state index contributed by atoms with van der Waals surface area (Å²) in [5.74, 6) is 1.16. The monoisotopic (exact) mass is 231 g/mol. The molecule has 0 aromatic carbocycles. The predicted molar refractivity (Wildman–Crippen MR) is 61.1 cm³/mol. The Labute approximate surface area is 98.7 Å². The minimum atomic E-state index is 0.168. The molecule has 0 radical (unpaired) electrons. The summed E-state index contributed by atoms with van der Waals surface area (Å²) < 4.78 is 7.49. The van der Waals surface area contributed by atoms with Crippen molar-refractivity contribution < 1.29 is 4.74 Å². The molecule has 6 heteroatoms. The highest BCUT2D eigenvalue weighted by molar-refractivity contribution is 5.32. The van der Waals surface area contributed by atoms with Crippen molar-refractivity contribution in [3.05, 3.63) is 30.9 Å². The molecule has 0 amide bonds. The van der Waals surface area contributed by atoms with Gasteiger partial charge in [0.05, 0.1) is 0 Å². The highest BCUT2D eigenvalue weighted by atomic mass is 16.5. The molecule has 1 aliphatic heterocycles. The lowest BCUT2D eigenvalue weighted by atomic mass is 10.3. The Bertz CT molecular complexity index is 478. The Morgan fingerprint density at radius 1 is 1.29 bits per heavy atom. The van der Waals surface area contributed by atoms with Crippen molar-refractivity contribution in [3.8, 4) is 11.7 Å². The van der Waals surface area contributed by atoms with E-state index in [2.05, 4.69) is 20.4 Å². The van der Waals surface area contributed by atoms with Crippen LogP contribution in [0.3, 0.4) is 0 Å². The van der Waals surface area contributed by atoms with Crippen LogP contribution in [-0.2, 0) is 0 Å². The zero-order valence-electron chi connectivity index (χ0n) is 9.28. The number of rotatable bonds is 3. The van der Waals surface area contributed by atoms with E-state index in [4.69, 9.17) is 4.74 Å². The molecule has 88 valence electrons. The number of hydrogen-bond acceptors (Lipinski definition) is 5. The number of ether oxygens (including phenoxy) is 1. The van der Waals surface area contributed by atoms with Gasteiger partial charge in [0.25, 0.3) is 5.88 Å².